The van der Waals surface area contributed by atoms with Crippen molar-refractivity contribution in [3.8, 4) is 11.8 Å². The zero-order chi connectivity index (χ0) is 8.10. The summed E-state index contributed by atoms with van der Waals surface area (Å²) < 4.78 is 0. The fraction of sp³-hybridized carbons (Fsp3) is 0. The summed E-state index contributed by atoms with van der Waals surface area (Å²) in [6.07, 6.45) is 4.39. The van der Waals surface area contributed by atoms with Crippen LogP contribution in [0.25, 0.3) is 0 Å². The Morgan fingerprint density at radius 1 is 1.45 bits per heavy atom. The summed E-state index contributed by atoms with van der Waals surface area (Å²) in [6, 6.07) is 0. The second kappa shape index (κ2) is 3.32. The number of hydrogen-bond donors (Lipinski definition) is 1. The summed E-state index contributed by atoms with van der Waals surface area (Å²) in [4.78, 5) is 17.6. The molecule has 0 unspecified atom stereocenters. The van der Waals surface area contributed by atoms with Crippen LogP contribution in [-0.2, 0) is 4.79 Å². The normalized spacial score (nSPS) is 8.00. The highest BCUT2D eigenvalue weighted by Crippen LogP contribution is 1.86. The maximum absolute atomic E-state index is 10.2. The van der Waals surface area contributed by atoms with Crippen LogP contribution >= 0.6 is 0 Å². The fourth-order valence-corrected chi connectivity index (χ4v) is 0.497. The molecule has 0 spiro atoms. The lowest BCUT2D eigenvalue weighted by atomic mass is 10.3. The number of amides is 1. The van der Waals surface area contributed by atoms with Crippen molar-refractivity contribution in [2.45, 2.75) is 0 Å². The van der Waals surface area contributed by atoms with Crippen LogP contribution < -0.4 is 5.73 Å². The Hall–Kier alpha value is -1.89. The van der Waals surface area contributed by atoms with Crippen LogP contribution in [0.15, 0.2) is 18.7 Å². The van der Waals surface area contributed by atoms with Gasteiger partial charge < -0.3 is 5.73 Å². The molecule has 0 aliphatic carbocycles. The zero-order valence-electron chi connectivity index (χ0n) is 5.61. The van der Waals surface area contributed by atoms with E-state index in [1.54, 1.807) is 0 Å². The number of hydrogen-bond acceptors (Lipinski definition) is 3. The highest BCUT2D eigenvalue weighted by atomic mass is 16.1. The van der Waals surface area contributed by atoms with Gasteiger partial charge in [0.2, 0.25) is 0 Å². The molecule has 4 heteroatoms. The summed E-state index contributed by atoms with van der Waals surface area (Å²) in [5.74, 6) is 4.01. The second-order valence-electron chi connectivity index (χ2n) is 1.74. The van der Waals surface area contributed by atoms with Gasteiger partial charge in [-0.25, -0.2) is 9.97 Å². The van der Waals surface area contributed by atoms with Gasteiger partial charge in [0.25, 0.3) is 5.91 Å². The third-order valence-corrected chi connectivity index (χ3v) is 0.891. The molecule has 0 aromatic carbocycles. The third-order valence-electron chi connectivity index (χ3n) is 0.891. The van der Waals surface area contributed by atoms with Crippen LogP contribution in [0, 0.1) is 11.8 Å². The van der Waals surface area contributed by atoms with Crippen LogP contribution in [0.1, 0.15) is 5.56 Å². The smallest absolute Gasteiger partial charge is 0.293 e. The molecule has 1 rings (SSSR count). The molecule has 0 atom stereocenters. The van der Waals surface area contributed by atoms with E-state index in [4.69, 9.17) is 5.73 Å². The van der Waals surface area contributed by atoms with Gasteiger partial charge in [-0.2, -0.15) is 0 Å². The van der Waals surface area contributed by atoms with E-state index in [2.05, 4.69) is 21.8 Å². The van der Waals surface area contributed by atoms with Crippen molar-refractivity contribution in [1.82, 2.24) is 9.97 Å². The van der Waals surface area contributed by atoms with Gasteiger partial charge in [0.15, 0.2) is 0 Å². The first-order valence-corrected chi connectivity index (χ1v) is 2.85. The molecule has 0 saturated carbocycles. The molecule has 4 nitrogen and oxygen atoms in total. The maximum Gasteiger partial charge on any atom is 0.293 e. The van der Waals surface area contributed by atoms with E-state index < -0.39 is 5.91 Å². The first-order valence-electron chi connectivity index (χ1n) is 2.85. The molecule has 1 amide bonds. The summed E-state index contributed by atoms with van der Waals surface area (Å²) in [6.45, 7) is 0. The lowest BCUT2D eigenvalue weighted by molar-refractivity contribution is -0.112. The summed E-state index contributed by atoms with van der Waals surface area (Å²) in [7, 11) is 0. The molecular weight excluding hydrogens is 142 g/mol. The quantitative estimate of drug-likeness (QED) is 0.494. The Morgan fingerprint density at radius 2 is 2.09 bits per heavy atom. The lowest BCUT2D eigenvalue weighted by Crippen LogP contribution is -2.06. The summed E-state index contributed by atoms with van der Waals surface area (Å²) >= 11 is 0. The number of nitrogens with two attached hydrogens (primary N) is 1. The number of aromatic nitrogens is 2. The van der Waals surface area contributed by atoms with Crippen LogP contribution in [0.2, 0.25) is 0 Å². The van der Waals surface area contributed by atoms with Crippen molar-refractivity contribution in [2.24, 2.45) is 5.73 Å². The van der Waals surface area contributed by atoms with Crippen molar-refractivity contribution in [3.05, 3.63) is 24.3 Å². The molecule has 1 heterocycles. The fourth-order valence-electron chi connectivity index (χ4n) is 0.497. The topological polar surface area (TPSA) is 68.9 Å². The van der Waals surface area contributed by atoms with Gasteiger partial charge in [-0.3, -0.25) is 4.79 Å². The Balaban J connectivity index is 2.83. The van der Waals surface area contributed by atoms with Crippen molar-refractivity contribution in [2.75, 3.05) is 0 Å². The van der Waals surface area contributed by atoms with E-state index in [0.29, 0.717) is 5.56 Å². The number of carbonyl (C=O) groups is 1. The molecule has 0 saturated heterocycles. The van der Waals surface area contributed by atoms with E-state index in [1.165, 1.54) is 18.7 Å². The van der Waals surface area contributed by atoms with E-state index >= 15 is 0 Å². The molecule has 0 radical (unpaired) electrons. The molecule has 54 valence electrons. The SMILES string of the molecule is NC(=O)C#Cc1cncnc1. The number of primary amides is 1. The van der Waals surface area contributed by atoms with Crippen molar-refractivity contribution in [3.63, 3.8) is 0 Å². The Bertz CT molecular complexity index is 309. The largest absolute Gasteiger partial charge is 0.359 e. The van der Waals surface area contributed by atoms with E-state index in [9.17, 15) is 4.79 Å². The molecular formula is C7H5N3O. The molecule has 1 aromatic heterocycles. The van der Waals surface area contributed by atoms with Gasteiger partial charge in [-0.15, -0.1) is 0 Å². The lowest BCUT2D eigenvalue weighted by Gasteiger charge is -1.83. The number of carbonyl (C=O) groups excluding carboxylic acids is 1. The van der Waals surface area contributed by atoms with Crippen LogP contribution in [-0.4, -0.2) is 15.9 Å². The van der Waals surface area contributed by atoms with Gasteiger partial charge in [-0.05, 0) is 0 Å². The van der Waals surface area contributed by atoms with Gasteiger partial charge in [0, 0.05) is 18.3 Å². The van der Waals surface area contributed by atoms with Crippen molar-refractivity contribution in [1.29, 1.82) is 0 Å². The standard InChI is InChI=1S/C7H5N3O/c8-7(11)2-1-6-3-9-5-10-4-6/h3-5H,(H2,8,11). The van der Waals surface area contributed by atoms with Crippen molar-refractivity contribution >= 4 is 5.91 Å². The third kappa shape index (κ3) is 2.45. The highest BCUT2D eigenvalue weighted by molar-refractivity contribution is 5.92. The molecule has 1 aromatic rings. The summed E-state index contributed by atoms with van der Waals surface area (Å²) in [5.41, 5.74) is 5.36. The highest BCUT2D eigenvalue weighted by Gasteiger charge is 1.84. The molecule has 11 heavy (non-hydrogen) atoms. The minimum absolute atomic E-state index is 0.575. The zero-order valence-corrected chi connectivity index (χ0v) is 5.61. The molecule has 0 aliphatic rings. The van der Waals surface area contributed by atoms with Gasteiger partial charge in [-0.1, -0.05) is 5.92 Å². The molecule has 2 N–H and O–H groups in total. The Labute approximate surface area is 63.5 Å². The minimum atomic E-state index is -0.658. The number of rotatable bonds is 0. The van der Waals surface area contributed by atoms with Crippen LogP contribution in [0.5, 0.6) is 0 Å². The van der Waals surface area contributed by atoms with E-state index in [0.717, 1.165) is 0 Å². The Kier molecular flexibility index (Phi) is 2.18. The predicted molar refractivity (Wildman–Crippen MR) is 38.1 cm³/mol. The first-order chi connectivity index (χ1) is 5.29. The van der Waals surface area contributed by atoms with Gasteiger partial charge in [0.05, 0.1) is 5.56 Å². The van der Waals surface area contributed by atoms with Crippen LogP contribution in [0.4, 0.5) is 0 Å². The summed E-state index contributed by atoms with van der Waals surface area (Å²) in [5, 5.41) is 0. The predicted octanol–water partition coefficient (Wildman–Crippen LogP) is -0.687. The van der Waals surface area contributed by atoms with Crippen molar-refractivity contribution < 1.29 is 4.79 Å². The molecule has 0 fully saturated rings. The Morgan fingerprint density at radius 3 is 2.64 bits per heavy atom. The second-order valence-corrected chi connectivity index (χ2v) is 1.74. The number of nitrogens with zero attached hydrogens (tertiary/aromatic N) is 2. The average molecular weight is 147 g/mol. The average Bonchev–Trinajstić information content (AvgIpc) is 2.03. The maximum atomic E-state index is 10.2. The minimum Gasteiger partial charge on any atom is -0.359 e. The van der Waals surface area contributed by atoms with E-state index in [-0.39, 0.29) is 0 Å². The molecule has 0 bridgehead atoms. The van der Waals surface area contributed by atoms with E-state index in [1.807, 2.05) is 0 Å². The van der Waals surface area contributed by atoms with Gasteiger partial charge >= 0.3 is 0 Å². The monoisotopic (exact) mass is 147 g/mol. The first kappa shape index (κ1) is 7.22. The molecule has 0 aliphatic heterocycles. The van der Waals surface area contributed by atoms with Crippen LogP contribution in [0.3, 0.4) is 0 Å². The van der Waals surface area contributed by atoms with Gasteiger partial charge in [0.1, 0.15) is 6.33 Å².